The predicted molar refractivity (Wildman–Crippen MR) is 76.9 cm³/mol. The van der Waals surface area contributed by atoms with E-state index >= 15 is 0 Å². The third-order valence-electron chi connectivity index (χ3n) is 2.11. The highest BCUT2D eigenvalue weighted by atomic mass is 16.5. The van der Waals surface area contributed by atoms with Gasteiger partial charge in [0.2, 0.25) is 0 Å². The van der Waals surface area contributed by atoms with Crippen LogP contribution in [-0.2, 0) is 9.59 Å². The molecule has 0 aromatic heterocycles. The predicted octanol–water partition coefficient (Wildman–Crippen LogP) is 1.18. The van der Waals surface area contributed by atoms with Crippen LogP contribution in [0.3, 0.4) is 0 Å². The molecule has 0 heterocycles. The Morgan fingerprint density at radius 1 is 1.10 bits per heavy atom. The monoisotopic (exact) mass is 299 g/mol. The Bertz CT molecular complexity index is 435. The molecule has 1 aromatic rings. The van der Waals surface area contributed by atoms with Crippen LogP contribution in [0.4, 0.5) is 0 Å². The van der Waals surface area contributed by atoms with Gasteiger partial charge in [0.05, 0.1) is 6.61 Å². The fraction of sp³-hybridized carbons (Fsp3) is 0.429. The number of carboxylic acid groups (broad SMARTS) is 2. The number of aliphatic carboxylic acids is 2. The third-order valence-corrected chi connectivity index (χ3v) is 2.11. The Hall–Kier alpha value is -2.28. The van der Waals surface area contributed by atoms with Crippen molar-refractivity contribution < 1.29 is 29.3 Å². The van der Waals surface area contributed by atoms with Crippen molar-refractivity contribution in [3.05, 3.63) is 24.3 Å². The summed E-state index contributed by atoms with van der Waals surface area (Å²) >= 11 is 0. The molecule has 7 heteroatoms. The van der Waals surface area contributed by atoms with E-state index in [1.54, 1.807) is 0 Å². The van der Waals surface area contributed by atoms with Crippen molar-refractivity contribution in [1.29, 1.82) is 0 Å². The first-order chi connectivity index (χ1) is 9.86. The van der Waals surface area contributed by atoms with Crippen molar-refractivity contribution in [2.24, 2.45) is 0 Å². The van der Waals surface area contributed by atoms with Crippen LogP contribution in [0.1, 0.15) is 6.92 Å². The first kappa shape index (κ1) is 18.7. The summed E-state index contributed by atoms with van der Waals surface area (Å²) in [5, 5.41) is 14.8. The molecule has 0 spiro atoms. The van der Waals surface area contributed by atoms with Gasteiger partial charge < -0.3 is 24.6 Å². The number of likely N-dealkylation sites (N-methyl/N-ethyl adjacent to an activating group) is 1. The van der Waals surface area contributed by atoms with Gasteiger partial charge in [0.25, 0.3) is 0 Å². The average molecular weight is 299 g/mol. The zero-order valence-electron chi connectivity index (χ0n) is 12.4. The van der Waals surface area contributed by atoms with Crippen LogP contribution in [-0.4, -0.2) is 60.9 Å². The van der Waals surface area contributed by atoms with Crippen LogP contribution in [0.5, 0.6) is 11.5 Å². The molecular formula is C14H21NO6. The highest BCUT2D eigenvalue weighted by Gasteiger charge is 2.04. The fourth-order valence-electron chi connectivity index (χ4n) is 1.17. The number of ether oxygens (including phenoxy) is 2. The second kappa shape index (κ2) is 10.5. The normalized spacial score (nSPS) is 9.52. The van der Waals surface area contributed by atoms with Gasteiger partial charge in [-0.25, -0.2) is 9.59 Å². The van der Waals surface area contributed by atoms with Crippen LogP contribution >= 0.6 is 0 Å². The number of hydrogen-bond donors (Lipinski definition) is 2. The maximum atomic E-state index is 9.10. The minimum Gasteiger partial charge on any atom is -0.494 e. The molecular weight excluding hydrogens is 278 g/mol. The van der Waals surface area contributed by atoms with Gasteiger partial charge in [-0.2, -0.15) is 0 Å². The number of carboxylic acids is 2. The zero-order chi connectivity index (χ0) is 16.3. The van der Waals surface area contributed by atoms with Crippen LogP contribution in [0.25, 0.3) is 0 Å². The minimum absolute atomic E-state index is 0.682. The van der Waals surface area contributed by atoms with Gasteiger partial charge in [-0.1, -0.05) is 6.07 Å². The molecule has 0 bridgehead atoms. The highest BCUT2D eigenvalue weighted by Crippen LogP contribution is 2.19. The topological polar surface area (TPSA) is 96.3 Å². The summed E-state index contributed by atoms with van der Waals surface area (Å²) in [5.74, 6) is -1.92. The molecule has 0 unspecified atom stereocenters. The van der Waals surface area contributed by atoms with Gasteiger partial charge in [0.1, 0.15) is 18.1 Å². The van der Waals surface area contributed by atoms with E-state index in [0.29, 0.717) is 13.2 Å². The average Bonchev–Trinajstić information content (AvgIpc) is 2.39. The molecule has 0 amide bonds. The summed E-state index contributed by atoms with van der Waals surface area (Å²) in [4.78, 5) is 20.3. The molecule has 0 fully saturated rings. The largest absolute Gasteiger partial charge is 0.494 e. The molecule has 0 radical (unpaired) electrons. The summed E-state index contributed by atoms with van der Waals surface area (Å²) in [5.41, 5.74) is 0. The molecule has 0 aliphatic heterocycles. The Labute approximate surface area is 123 Å². The highest BCUT2D eigenvalue weighted by molar-refractivity contribution is 6.27. The van der Waals surface area contributed by atoms with E-state index in [2.05, 4.69) is 4.90 Å². The number of carbonyl (C=O) groups is 2. The second-order valence-corrected chi connectivity index (χ2v) is 4.17. The first-order valence-electron chi connectivity index (χ1n) is 6.33. The lowest BCUT2D eigenvalue weighted by Gasteiger charge is -2.11. The molecule has 0 aliphatic carbocycles. The van der Waals surface area contributed by atoms with Crippen LogP contribution in [0.15, 0.2) is 24.3 Å². The molecule has 118 valence electrons. The smallest absolute Gasteiger partial charge is 0.414 e. The van der Waals surface area contributed by atoms with Crippen molar-refractivity contribution in [3.8, 4) is 11.5 Å². The molecule has 0 aliphatic rings. The van der Waals surface area contributed by atoms with E-state index in [1.807, 2.05) is 45.3 Å². The summed E-state index contributed by atoms with van der Waals surface area (Å²) in [6, 6.07) is 7.73. The maximum absolute atomic E-state index is 9.10. The molecule has 21 heavy (non-hydrogen) atoms. The second-order valence-electron chi connectivity index (χ2n) is 4.17. The van der Waals surface area contributed by atoms with Crippen LogP contribution < -0.4 is 9.47 Å². The molecule has 0 saturated heterocycles. The van der Waals surface area contributed by atoms with Gasteiger partial charge in [-0.15, -0.1) is 0 Å². The molecule has 1 aromatic carbocycles. The zero-order valence-corrected chi connectivity index (χ0v) is 12.4. The molecule has 1 rings (SSSR count). The maximum Gasteiger partial charge on any atom is 0.414 e. The summed E-state index contributed by atoms with van der Waals surface area (Å²) in [6.45, 7) is 4.27. The Morgan fingerprint density at radius 3 is 2.05 bits per heavy atom. The van der Waals surface area contributed by atoms with Gasteiger partial charge in [0.15, 0.2) is 0 Å². The van der Waals surface area contributed by atoms with Crippen molar-refractivity contribution in [2.45, 2.75) is 6.92 Å². The molecule has 0 saturated carbocycles. The third kappa shape index (κ3) is 10.2. The Kier molecular flexibility index (Phi) is 9.36. The molecule has 0 atom stereocenters. The molecule has 7 nitrogen and oxygen atoms in total. The molecule has 2 N–H and O–H groups in total. The standard InChI is InChI=1S/C12H19NO2.C2H2O4/c1-4-14-11-6-5-7-12(10-11)15-9-8-13(2)3;3-1(4)2(5)6/h5-7,10H,4,8-9H2,1-3H3;(H,3,4)(H,5,6). The first-order valence-corrected chi connectivity index (χ1v) is 6.33. The van der Waals surface area contributed by atoms with Gasteiger partial charge in [-0.3, -0.25) is 0 Å². The summed E-state index contributed by atoms with van der Waals surface area (Å²) < 4.78 is 11.0. The number of rotatable bonds is 6. The van der Waals surface area contributed by atoms with Gasteiger partial charge in [0, 0.05) is 12.6 Å². The summed E-state index contributed by atoms with van der Waals surface area (Å²) in [6.07, 6.45) is 0. The fourth-order valence-corrected chi connectivity index (χ4v) is 1.17. The lowest BCUT2D eigenvalue weighted by molar-refractivity contribution is -0.159. The van der Waals surface area contributed by atoms with Gasteiger partial charge in [-0.05, 0) is 33.2 Å². The number of benzene rings is 1. The lowest BCUT2D eigenvalue weighted by Crippen LogP contribution is -2.19. The van der Waals surface area contributed by atoms with Crippen LogP contribution in [0, 0.1) is 0 Å². The van der Waals surface area contributed by atoms with E-state index in [0.717, 1.165) is 18.0 Å². The Morgan fingerprint density at radius 2 is 1.62 bits per heavy atom. The van der Waals surface area contributed by atoms with Crippen LogP contribution in [0.2, 0.25) is 0 Å². The SMILES string of the molecule is CCOc1cccc(OCCN(C)C)c1.O=C(O)C(=O)O. The van der Waals surface area contributed by atoms with E-state index in [-0.39, 0.29) is 0 Å². The minimum atomic E-state index is -1.82. The van der Waals surface area contributed by atoms with E-state index in [1.165, 1.54) is 0 Å². The number of nitrogens with zero attached hydrogens (tertiary/aromatic N) is 1. The summed E-state index contributed by atoms with van der Waals surface area (Å²) in [7, 11) is 4.06. The van der Waals surface area contributed by atoms with E-state index in [4.69, 9.17) is 29.3 Å². The van der Waals surface area contributed by atoms with E-state index in [9.17, 15) is 0 Å². The lowest BCUT2D eigenvalue weighted by atomic mass is 10.3. The number of hydrogen-bond acceptors (Lipinski definition) is 5. The van der Waals surface area contributed by atoms with Crippen molar-refractivity contribution >= 4 is 11.9 Å². The quantitative estimate of drug-likeness (QED) is 0.761. The van der Waals surface area contributed by atoms with E-state index < -0.39 is 11.9 Å². The van der Waals surface area contributed by atoms with Crippen molar-refractivity contribution in [1.82, 2.24) is 4.90 Å². The van der Waals surface area contributed by atoms with Gasteiger partial charge >= 0.3 is 11.9 Å². The van der Waals surface area contributed by atoms with Crippen molar-refractivity contribution in [2.75, 3.05) is 33.9 Å². The Balaban J connectivity index is 0.000000567. The van der Waals surface area contributed by atoms with Crippen molar-refractivity contribution in [3.63, 3.8) is 0 Å².